The van der Waals surface area contributed by atoms with Crippen molar-refractivity contribution in [1.82, 2.24) is 4.98 Å². The fourth-order valence-electron chi connectivity index (χ4n) is 8.33. The van der Waals surface area contributed by atoms with Crippen LogP contribution in [0.15, 0.2) is 182 Å². The summed E-state index contributed by atoms with van der Waals surface area (Å²) in [4.78, 5) is 6.90. The van der Waals surface area contributed by atoms with E-state index in [2.05, 4.69) is 131 Å². The molecule has 3 aliphatic rings. The third-order valence-corrected chi connectivity index (χ3v) is 10.6. The molecule has 1 unspecified atom stereocenters. The van der Waals surface area contributed by atoms with Gasteiger partial charge in [-0.15, -0.1) is 0 Å². The number of ether oxygens (including phenoxy) is 3. The molecule has 0 aliphatic carbocycles. The maximum atomic E-state index is 6.85. The van der Waals surface area contributed by atoms with Crippen LogP contribution in [-0.4, -0.2) is 4.98 Å². The molecule has 53 heavy (non-hydrogen) atoms. The smallest absolute Gasteiger partial charge is 0.151 e. The van der Waals surface area contributed by atoms with Crippen LogP contribution in [0.4, 0.5) is 17.1 Å². The molecule has 7 aromatic carbocycles. The van der Waals surface area contributed by atoms with Gasteiger partial charge in [0.25, 0.3) is 0 Å². The summed E-state index contributed by atoms with van der Waals surface area (Å²) in [6, 6.07) is 60.8. The highest BCUT2D eigenvalue weighted by molar-refractivity contribution is 5.89. The molecule has 0 saturated heterocycles. The average Bonchev–Trinajstić information content (AvgIpc) is 3.22. The minimum absolute atomic E-state index is 0.687. The molecule has 1 aromatic heterocycles. The van der Waals surface area contributed by atoms with Crippen molar-refractivity contribution >= 4 is 17.1 Å². The fraction of sp³-hybridized carbons (Fsp3) is 0.0208. The summed E-state index contributed by atoms with van der Waals surface area (Å²) in [6.07, 6.45) is 1.82. The van der Waals surface area contributed by atoms with Gasteiger partial charge in [0.2, 0.25) is 0 Å². The van der Waals surface area contributed by atoms with Crippen LogP contribution in [0.2, 0.25) is 0 Å². The SMILES string of the molecule is c1ccc(N2c3ccccc3Oc3ccc(-c4ccc5c(c4)Oc4ccccc4C54c5ccccc5Oc5cc(-c6ccccn6)ccc54)cc32)cc1. The Morgan fingerprint density at radius 2 is 0.906 bits per heavy atom. The molecule has 4 heterocycles. The van der Waals surface area contributed by atoms with Crippen molar-refractivity contribution in [3.05, 3.63) is 204 Å². The Morgan fingerprint density at radius 3 is 1.62 bits per heavy atom. The third kappa shape index (κ3) is 4.41. The Bertz CT molecular complexity index is 2720. The number of nitrogens with zero attached hydrogens (tertiary/aromatic N) is 2. The molecular formula is C48H30N2O3. The summed E-state index contributed by atoms with van der Waals surface area (Å²) < 4.78 is 20.0. The normalized spacial score (nSPS) is 15.7. The number of hydrogen-bond donors (Lipinski definition) is 0. The number of para-hydroxylation sites is 5. The second-order valence-corrected chi connectivity index (χ2v) is 13.5. The quantitative estimate of drug-likeness (QED) is 0.186. The van der Waals surface area contributed by atoms with E-state index in [0.717, 1.165) is 96.2 Å². The molecule has 8 aromatic rings. The van der Waals surface area contributed by atoms with Crippen molar-refractivity contribution in [2.45, 2.75) is 5.41 Å². The van der Waals surface area contributed by atoms with Crippen LogP contribution in [-0.2, 0) is 5.41 Å². The van der Waals surface area contributed by atoms with Crippen LogP contribution < -0.4 is 19.1 Å². The van der Waals surface area contributed by atoms with Gasteiger partial charge in [0.1, 0.15) is 23.0 Å². The maximum Gasteiger partial charge on any atom is 0.151 e. The number of aromatic nitrogens is 1. The standard InChI is InChI=1S/C48H30N2O3/c1-2-12-34(13-3-1)50-40-17-6-9-20-44(40)53-45-26-23-31(28-41(45)50)32-21-24-37-46(29-32)51-42-18-7-4-14-35(42)48(37)36-15-5-8-19-43(36)52-47-30-33(22-25-38(47)48)39-16-10-11-27-49-39/h1-30H. The summed E-state index contributed by atoms with van der Waals surface area (Å²) in [7, 11) is 0. The predicted molar refractivity (Wildman–Crippen MR) is 208 cm³/mol. The molecule has 0 bridgehead atoms. The van der Waals surface area contributed by atoms with Gasteiger partial charge in [-0.2, -0.15) is 0 Å². The van der Waals surface area contributed by atoms with E-state index >= 15 is 0 Å². The Labute approximate surface area is 306 Å². The molecule has 3 aliphatic heterocycles. The largest absolute Gasteiger partial charge is 0.457 e. The topological polar surface area (TPSA) is 43.8 Å². The highest BCUT2D eigenvalue weighted by Crippen LogP contribution is 2.62. The first-order chi connectivity index (χ1) is 26.3. The molecule has 11 rings (SSSR count). The first-order valence-electron chi connectivity index (χ1n) is 17.8. The Balaban J connectivity index is 1.10. The minimum atomic E-state index is -0.687. The highest BCUT2D eigenvalue weighted by Gasteiger charge is 2.50. The number of fused-ring (bicyclic) bond motifs is 10. The van der Waals surface area contributed by atoms with Gasteiger partial charge in [-0.3, -0.25) is 4.98 Å². The molecule has 0 saturated carbocycles. The minimum Gasteiger partial charge on any atom is -0.457 e. The average molecular weight is 683 g/mol. The summed E-state index contributed by atoms with van der Waals surface area (Å²) in [5.74, 6) is 4.87. The van der Waals surface area contributed by atoms with Crippen LogP contribution in [0.3, 0.4) is 0 Å². The van der Waals surface area contributed by atoms with E-state index in [1.165, 1.54) is 0 Å². The van der Waals surface area contributed by atoms with Crippen LogP contribution in [0.1, 0.15) is 22.3 Å². The monoisotopic (exact) mass is 682 g/mol. The molecule has 0 N–H and O–H groups in total. The van der Waals surface area contributed by atoms with Crippen LogP contribution in [0, 0.1) is 0 Å². The lowest BCUT2D eigenvalue weighted by Gasteiger charge is -2.45. The third-order valence-electron chi connectivity index (χ3n) is 10.6. The molecular weight excluding hydrogens is 653 g/mol. The molecule has 250 valence electrons. The van der Waals surface area contributed by atoms with E-state index in [4.69, 9.17) is 14.2 Å². The van der Waals surface area contributed by atoms with Gasteiger partial charge < -0.3 is 19.1 Å². The first kappa shape index (κ1) is 29.6. The second-order valence-electron chi connectivity index (χ2n) is 13.5. The lowest BCUT2D eigenvalue weighted by Crippen LogP contribution is -2.36. The zero-order valence-corrected chi connectivity index (χ0v) is 28.4. The van der Waals surface area contributed by atoms with Crippen molar-refractivity contribution in [1.29, 1.82) is 0 Å². The number of hydrogen-bond acceptors (Lipinski definition) is 5. The molecule has 0 fully saturated rings. The Hall–Kier alpha value is -7.11. The van der Waals surface area contributed by atoms with Crippen molar-refractivity contribution in [3.8, 4) is 56.9 Å². The lowest BCUT2D eigenvalue weighted by molar-refractivity contribution is 0.399. The number of pyridine rings is 1. The van der Waals surface area contributed by atoms with Gasteiger partial charge in [-0.25, -0.2) is 0 Å². The molecule has 1 spiro atoms. The number of rotatable bonds is 3. The van der Waals surface area contributed by atoms with E-state index in [1.807, 2.05) is 60.8 Å². The molecule has 0 amide bonds. The zero-order valence-electron chi connectivity index (χ0n) is 28.4. The van der Waals surface area contributed by atoms with E-state index in [-0.39, 0.29) is 0 Å². The summed E-state index contributed by atoms with van der Waals surface area (Å²) in [6.45, 7) is 0. The Kier molecular flexibility index (Phi) is 6.40. The summed E-state index contributed by atoms with van der Waals surface area (Å²) >= 11 is 0. The van der Waals surface area contributed by atoms with Crippen LogP contribution >= 0.6 is 0 Å². The van der Waals surface area contributed by atoms with Crippen molar-refractivity contribution in [3.63, 3.8) is 0 Å². The van der Waals surface area contributed by atoms with Crippen LogP contribution in [0.5, 0.6) is 34.5 Å². The van der Waals surface area contributed by atoms with Crippen LogP contribution in [0.25, 0.3) is 22.4 Å². The molecule has 5 nitrogen and oxygen atoms in total. The van der Waals surface area contributed by atoms with Crippen molar-refractivity contribution < 1.29 is 14.2 Å². The van der Waals surface area contributed by atoms with Crippen molar-refractivity contribution in [2.24, 2.45) is 0 Å². The van der Waals surface area contributed by atoms with E-state index in [9.17, 15) is 0 Å². The molecule has 0 radical (unpaired) electrons. The van der Waals surface area contributed by atoms with E-state index < -0.39 is 5.41 Å². The van der Waals surface area contributed by atoms with Gasteiger partial charge in [0, 0.05) is 39.7 Å². The van der Waals surface area contributed by atoms with Gasteiger partial charge in [0.15, 0.2) is 11.5 Å². The molecule has 5 heteroatoms. The van der Waals surface area contributed by atoms with E-state index in [0.29, 0.717) is 0 Å². The number of benzene rings is 7. The van der Waals surface area contributed by atoms with Gasteiger partial charge in [-0.1, -0.05) is 103 Å². The summed E-state index contributed by atoms with van der Waals surface area (Å²) in [5.41, 5.74) is 10.6. The van der Waals surface area contributed by atoms with E-state index in [1.54, 1.807) is 0 Å². The van der Waals surface area contributed by atoms with Gasteiger partial charge >= 0.3 is 0 Å². The highest BCUT2D eigenvalue weighted by atomic mass is 16.5. The fourth-order valence-corrected chi connectivity index (χ4v) is 8.33. The summed E-state index contributed by atoms with van der Waals surface area (Å²) in [5, 5.41) is 0. The number of anilines is 3. The second kappa shape index (κ2) is 11.5. The van der Waals surface area contributed by atoms with Gasteiger partial charge in [0.05, 0.1) is 22.5 Å². The molecule has 1 atom stereocenters. The first-order valence-corrected chi connectivity index (χ1v) is 17.8. The Morgan fingerprint density at radius 1 is 0.377 bits per heavy atom. The van der Waals surface area contributed by atoms with Gasteiger partial charge in [-0.05, 0) is 83.9 Å². The zero-order chi connectivity index (χ0) is 34.9. The maximum absolute atomic E-state index is 6.85. The lowest BCUT2D eigenvalue weighted by atomic mass is 9.62. The predicted octanol–water partition coefficient (Wildman–Crippen LogP) is 12.6. The van der Waals surface area contributed by atoms with Crippen molar-refractivity contribution in [2.75, 3.05) is 4.90 Å².